The molecule has 4 aromatic rings. The van der Waals surface area contributed by atoms with Crippen molar-refractivity contribution in [2.45, 2.75) is 23.8 Å². The van der Waals surface area contributed by atoms with Gasteiger partial charge in [0, 0.05) is 9.37 Å². The molecular formula is C25H21BrN4O2S. The fourth-order valence-corrected chi connectivity index (χ4v) is 4.53. The van der Waals surface area contributed by atoms with Crippen molar-refractivity contribution in [1.82, 2.24) is 15.2 Å². The number of carbonyl (C=O) groups excluding carboxylic acids is 1. The van der Waals surface area contributed by atoms with Crippen molar-refractivity contribution in [3.8, 4) is 11.4 Å². The van der Waals surface area contributed by atoms with Gasteiger partial charge < -0.3 is 5.11 Å². The van der Waals surface area contributed by atoms with E-state index in [1.165, 1.54) is 17.7 Å². The smallest absolute Gasteiger partial charge is 0.275 e. The molecule has 6 nitrogen and oxygen atoms in total. The summed E-state index contributed by atoms with van der Waals surface area (Å²) < 4.78 is 2.56. The third-order valence-corrected chi connectivity index (χ3v) is 6.45. The molecule has 0 saturated heterocycles. The van der Waals surface area contributed by atoms with E-state index >= 15 is 0 Å². The van der Waals surface area contributed by atoms with Crippen molar-refractivity contribution in [3.05, 3.63) is 99.7 Å². The number of amides is 1. The summed E-state index contributed by atoms with van der Waals surface area (Å²) in [6.45, 7) is 3.96. The number of phenolic OH excluding ortho intramolecular Hbond substituents is 1. The molecule has 1 heterocycles. The van der Waals surface area contributed by atoms with Gasteiger partial charge in [-0.2, -0.15) is 10.2 Å². The van der Waals surface area contributed by atoms with Crippen LogP contribution in [0.1, 0.15) is 27.2 Å². The van der Waals surface area contributed by atoms with Crippen LogP contribution in [0.15, 0.2) is 92.3 Å². The van der Waals surface area contributed by atoms with Crippen molar-refractivity contribution >= 4 is 39.8 Å². The van der Waals surface area contributed by atoms with Gasteiger partial charge in [-0.3, -0.25) is 4.79 Å². The summed E-state index contributed by atoms with van der Waals surface area (Å²) in [5.74, 6) is -0.625. The minimum absolute atomic E-state index is 0.116. The molecule has 0 fully saturated rings. The first-order valence-electron chi connectivity index (χ1n) is 10.1. The number of nitrogens with zero attached hydrogens (tertiary/aromatic N) is 3. The Hall–Kier alpha value is -3.36. The number of rotatable bonds is 6. The van der Waals surface area contributed by atoms with E-state index in [0.717, 1.165) is 26.9 Å². The van der Waals surface area contributed by atoms with Gasteiger partial charge in [0.1, 0.15) is 10.8 Å². The first-order chi connectivity index (χ1) is 15.9. The normalized spacial score (nSPS) is 11.1. The van der Waals surface area contributed by atoms with E-state index in [2.05, 4.69) is 57.6 Å². The number of carbonyl (C=O) groups is 1. The number of para-hydroxylation sites is 1. The molecule has 0 aliphatic rings. The van der Waals surface area contributed by atoms with Crippen LogP contribution in [0.2, 0.25) is 0 Å². The van der Waals surface area contributed by atoms with Crippen LogP contribution in [-0.2, 0) is 0 Å². The average Bonchev–Trinajstić information content (AvgIpc) is 3.12. The summed E-state index contributed by atoms with van der Waals surface area (Å²) in [6, 6.07) is 22.8. The molecule has 4 rings (SSSR count). The highest BCUT2D eigenvalue weighted by atomic mass is 79.9. The molecule has 0 radical (unpaired) electrons. The van der Waals surface area contributed by atoms with E-state index in [0.29, 0.717) is 4.47 Å². The molecule has 0 saturated carbocycles. The molecule has 8 heteroatoms. The Balaban J connectivity index is 1.66. The standard InChI is InChI=1S/C25H21BrN4O2S/c1-16-8-11-20(12-9-16)33-25-22(17(2)29-30(25)19-6-4-3-5-7-19)15-27-28-24(32)21-14-18(26)10-13-23(21)31/h3-15,31H,1-2H3,(H,28,32). The van der Waals surface area contributed by atoms with Crippen LogP contribution in [0.25, 0.3) is 5.69 Å². The van der Waals surface area contributed by atoms with E-state index in [4.69, 9.17) is 5.10 Å². The first kappa shape index (κ1) is 22.8. The van der Waals surface area contributed by atoms with E-state index in [-0.39, 0.29) is 11.3 Å². The molecule has 3 aromatic carbocycles. The molecule has 0 aliphatic heterocycles. The van der Waals surface area contributed by atoms with Gasteiger partial charge in [-0.15, -0.1) is 0 Å². The molecule has 1 amide bonds. The van der Waals surface area contributed by atoms with Gasteiger partial charge in [0.25, 0.3) is 5.91 Å². The Morgan fingerprint density at radius 3 is 2.55 bits per heavy atom. The Bertz CT molecular complexity index is 1320. The van der Waals surface area contributed by atoms with Crippen molar-refractivity contribution in [2.24, 2.45) is 5.10 Å². The largest absolute Gasteiger partial charge is 0.507 e. The van der Waals surface area contributed by atoms with Gasteiger partial charge in [-0.05, 0) is 56.3 Å². The van der Waals surface area contributed by atoms with Crippen molar-refractivity contribution in [3.63, 3.8) is 0 Å². The summed E-state index contributed by atoms with van der Waals surface area (Å²) in [5.41, 5.74) is 6.31. The van der Waals surface area contributed by atoms with Crippen LogP contribution in [0, 0.1) is 13.8 Å². The van der Waals surface area contributed by atoms with Gasteiger partial charge in [-0.1, -0.05) is 63.6 Å². The molecule has 33 heavy (non-hydrogen) atoms. The van der Waals surface area contributed by atoms with Crippen molar-refractivity contribution < 1.29 is 9.90 Å². The molecule has 0 spiro atoms. The summed E-state index contributed by atoms with van der Waals surface area (Å²) >= 11 is 4.88. The maximum absolute atomic E-state index is 12.5. The predicted octanol–water partition coefficient (Wildman–Crippen LogP) is 5.87. The maximum Gasteiger partial charge on any atom is 0.275 e. The molecule has 1 aromatic heterocycles. The second-order valence-electron chi connectivity index (χ2n) is 7.33. The number of phenols is 1. The summed E-state index contributed by atoms with van der Waals surface area (Å²) in [7, 11) is 0. The van der Waals surface area contributed by atoms with Crippen LogP contribution in [0.4, 0.5) is 0 Å². The van der Waals surface area contributed by atoms with Gasteiger partial charge in [0.05, 0.1) is 28.7 Å². The van der Waals surface area contributed by atoms with E-state index in [1.807, 2.05) is 41.9 Å². The number of hydrazone groups is 1. The number of aryl methyl sites for hydroxylation is 2. The maximum atomic E-state index is 12.5. The minimum atomic E-state index is -0.508. The lowest BCUT2D eigenvalue weighted by molar-refractivity contribution is 0.0952. The van der Waals surface area contributed by atoms with E-state index in [1.54, 1.807) is 24.0 Å². The molecule has 0 atom stereocenters. The number of halogens is 1. The summed E-state index contributed by atoms with van der Waals surface area (Å²) in [5, 5.41) is 19.7. The lowest BCUT2D eigenvalue weighted by Gasteiger charge is -2.08. The number of aromatic hydroxyl groups is 1. The fourth-order valence-electron chi connectivity index (χ4n) is 3.13. The molecule has 0 unspecified atom stereocenters. The highest BCUT2D eigenvalue weighted by Gasteiger charge is 2.17. The van der Waals surface area contributed by atoms with E-state index < -0.39 is 5.91 Å². The number of aromatic nitrogens is 2. The zero-order valence-electron chi connectivity index (χ0n) is 18.0. The van der Waals surface area contributed by atoms with Crippen LogP contribution in [-0.4, -0.2) is 27.0 Å². The third kappa shape index (κ3) is 5.35. The molecule has 166 valence electrons. The molecule has 0 aliphatic carbocycles. The molecular weight excluding hydrogens is 500 g/mol. The lowest BCUT2D eigenvalue weighted by atomic mass is 10.2. The summed E-state index contributed by atoms with van der Waals surface area (Å²) in [6.07, 6.45) is 1.59. The highest BCUT2D eigenvalue weighted by molar-refractivity contribution is 9.10. The lowest BCUT2D eigenvalue weighted by Crippen LogP contribution is -2.17. The summed E-state index contributed by atoms with van der Waals surface area (Å²) in [4.78, 5) is 13.6. The number of hydrogen-bond donors (Lipinski definition) is 2. The first-order valence-corrected chi connectivity index (χ1v) is 11.7. The fraction of sp³-hybridized carbons (Fsp3) is 0.0800. The monoisotopic (exact) mass is 520 g/mol. The molecule has 2 N–H and O–H groups in total. The third-order valence-electron chi connectivity index (χ3n) is 4.86. The number of nitrogens with one attached hydrogen (secondary N) is 1. The highest BCUT2D eigenvalue weighted by Crippen LogP contribution is 2.33. The Labute approximate surface area is 204 Å². The Morgan fingerprint density at radius 2 is 1.82 bits per heavy atom. The minimum Gasteiger partial charge on any atom is -0.507 e. The number of hydrogen-bond acceptors (Lipinski definition) is 5. The SMILES string of the molecule is Cc1ccc(Sc2c(C=NNC(=O)c3cc(Br)ccc3O)c(C)nn2-c2ccccc2)cc1. The average molecular weight is 521 g/mol. The predicted molar refractivity (Wildman–Crippen MR) is 134 cm³/mol. The second-order valence-corrected chi connectivity index (χ2v) is 9.31. The molecule has 0 bridgehead atoms. The van der Waals surface area contributed by atoms with Gasteiger partial charge in [0.15, 0.2) is 0 Å². The zero-order valence-corrected chi connectivity index (χ0v) is 20.4. The van der Waals surface area contributed by atoms with Crippen molar-refractivity contribution in [2.75, 3.05) is 0 Å². The second kappa shape index (κ2) is 10.1. The quantitative estimate of drug-likeness (QED) is 0.246. The van der Waals surface area contributed by atoms with Gasteiger partial charge in [0.2, 0.25) is 0 Å². The Morgan fingerprint density at radius 1 is 1.09 bits per heavy atom. The van der Waals surface area contributed by atoms with Crippen molar-refractivity contribution in [1.29, 1.82) is 0 Å². The van der Waals surface area contributed by atoms with Gasteiger partial charge in [-0.25, -0.2) is 10.1 Å². The van der Waals surface area contributed by atoms with Crippen LogP contribution in [0.5, 0.6) is 5.75 Å². The van der Waals surface area contributed by atoms with E-state index in [9.17, 15) is 9.90 Å². The van der Waals surface area contributed by atoms with Crippen LogP contribution < -0.4 is 5.43 Å². The van der Waals surface area contributed by atoms with Crippen LogP contribution >= 0.6 is 27.7 Å². The topological polar surface area (TPSA) is 79.5 Å². The van der Waals surface area contributed by atoms with Gasteiger partial charge >= 0.3 is 0 Å². The Kier molecular flexibility index (Phi) is 6.96. The van der Waals surface area contributed by atoms with Crippen LogP contribution in [0.3, 0.4) is 0 Å². The zero-order chi connectivity index (χ0) is 23.4. The number of benzene rings is 3.